The first kappa shape index (κ1) is 17.3. The Hall–Kier alpha value is -2.50. The van der Waals surface area contributed by atoms with E-state index in [1.54, 1.807) is 18.2 Å². The summed E-state index contributed by atoms with van der Waals surface area (Å²) in [6, 6.07) is 10.5. The molecule has 0 unspecified atom stereocenters. The summed E-state index contributed by atoms with van der Waals surface area (Å²) in [6.07, 6.45) is 1.65. The van der Waals surface area contributed by atoms with Crippen LogP contribution in [-0.4, -0.2) is 16.3 Å². The van der Waals surface area contributed by atoms with Gasteiger partial charge in [-0.3, -0.25) is 0 Å². The van der Waals surface area contributed by atoms with Crippen LogP contribution in [0.4, 0.5) is 5.69 Å². The Balaban J connectivity index is 2.16. The van der Waals surface area contributed by atoms with E-state index in [-0.39, 0.29) is 18.1 Å². The summed E-state index contributed by atoms with van der Waals surface area (Å²) in [5.41, 5.74) is 1.19. The lowest BCUT2D eigenvalue weighted by atomic mass is 10.2. The average Bonchev–Trinajstić information content (AvgIpc) is 2.85. The molecule has 25 heavy (non-hydrogen) atoms. The van der Waals surface area contributed by atoms with Crippen LogP contribution in [0.15, 0.2) is 54.2 Å². The molecule has 0 spiro atoms. The smallest absolute Gasteiger partial charge is 0.222 e. The monoisotopic (exact) mass is 376 g/mol. The number of nitroso groups, excluding NO2 is 1. The van der Waals surface area contributed by atoms with Gasteiger partial charge in [-0.05, 0) is 23.4 Å². The first-order valence-corrected chi connectivity index (χ1v) is 8.17. The van der Waals surface area contributed by atoms with Gasteiger partial charge in [-0.25, -0.2) is 0 Å². The van der Waals surface area contributed by atoms with E-state index in [4.69, 9.17) is 27.9 Å². The van der Waals surface area contributed by atoms with E-state index in [9.17, 15) is 10.0 Å². The minimum absolute atomic E-state index is 0.0936. The molecule has 0 amide bonds. The van der Waals surface area contributed by atoms with Crippen LogP contribution >= 0.6 is 23.2 Å². The number of hydrogen-bond donors (Lipinski definition) is 1. The van der Waals surface area contributed by atoms with Crippen LogP contribution in [0.2, 0.25) is 10.0 Å². The average molecular weight is 377 g/mol. The summed E-state index contributed by atoms with van der Waals surface area (Å²) in [4.78, 5) is 11.2. The Morgan fingerprint density at radius 1 is 1.28 bits per heavy atom. The zero-order valence-electron chi connectivity index (χ0n) is 13.1. The summed E-state index contributed by atoms with van der Waals surface area (Å²) in [5, 5.41) is 14.5. The minimum Gasteiger partial charge on any atom is -0.493 e. The first-order valence-electron chi connectivity index (χ1n) is 7.42. The molecule has 1 aromatic heterocycles. The molecule has 0 radical (unpaired) electrons. The molecule has 1 N–H and O–H groups in total. The van der Waals surface area contributed by atoms with E-state index in [1.807, 2.05) is 24.3 Å². The van der Waals surface area contributed by atoms with Crippen LogP contribution in [0, 0.1) is 4.91 Å². The number of benzene rings is 2. The number of aromatic nitrogens is 1. The molecule has 0 aliphatic heterocycles. The van der Waals surface area contributed by atoms with Gasteiger partial charge in [0.15, 0.2) is 5.69 Å². The van der Waals surface area contributed by atoms with Crippen molar-refractivity contribution in [3.05, 3.63) is 69.6 Å². The van der Waals surface area contributed by atoms with Crippen molar-refractivity contribution in [1.82, 2.24) is 4.57 Å². The number of halogens is 2. The lowest BCUT2D eigenvalue weighted by molar-refractivity contribution is 0.357. The predicted molar refractivity (Wildman–Crippen MR) is 100 cm³/mol. The number of nitrogens with zero attached hydrogens (tertiary/aromatic N) is 2. The maximum atomic E-state index is 11.2. The SMILES string of the molecule is C=CCOc1ccccc1Cn1c(O)c(N=O)c2cc(Cl)cc(Cl)c21. The van der Waals surface area contributed by atoms with Crippen LogP contribution in [-0.2, 0) is 6.54 Å². The molecule has 2 aromatic carbocycles. The van der Waals surface area contributed by atoms with Crippen molar-refractivity contribution >= 4 is 39.8 Å². The molecule has 0 bridgehead atoms. The zero-order valence-corrected chi connectivity index (χ0v) is 14.6. The molecule has 128 valence electrons. The van der Waals surface area contributed by atoms with Crippen molar-refractivity contribution in [2.24, 2.45) is 5.18 Å². The standard InChI is InChI=1S/C18H14Cl2N2O3/c1-2-7-25-15-6-4-3-5-11(15)10-22-17-13(16(21-24)18(22)23)8-12(19)9-14(17)20/h2-6,8-9,23H,1,7,10H2. The summed E-state index contributed by atoms with van der Waals surface area (Å²) in [6.45, 7) is 4.23. The van der Waals surface area contributed by atoms with Crippen LogP contribution < -0.4 is 4.74 Å². The summed E-state index contributed by atoms with van der Waals surface area (Å²) in [7, 11) is 0. The molecule has 3 aromatic rings. The van der Waals surface area contributed by atoms with E-state index >= 15 is 0 Å². The fraction of sp³-hybridized carbons (Fsp3) is 0.111. The third kappa shape index (κ3) is 3.21. The van der Waals surface area contributed by atoms with E-state index in [1.165, 1.54) is 4.57 Å². The Bertz CT molecular complexity index is 967. The molecular formula is C18H14Cl2N2O3. The van der Waals surface area contributed by atoms with Crippen LogP contribution in [0.25, 0.3) is 10.9 Å². The second-order valence-corrected chi connectivity index (χ2v) is 6.18. The van der Waals surface area contributed by atoms with E-state index in [0.29, 0.717) is 33.3 Å². The van der Waals surface area contributed by atoms with Crippen LogP contribution in [0.3, 0.4) is 0 Å². The van der Waals surface area contributed by atoms with Gasteiger partial charge in [-0.1, -0.05) is 54.1 Å². The van der Waals surface area contributed by atoms with Crippen molar-refractivity contribution in [3.63, 3.8) is 0 Å². The molecule has 0 saturated heterocycles. The molecule has 0 atom stereocenters. The second kappa shape index (κ2) is 7.17. The summed E-state index contributed by atoms with van der Waals surface area (Å²) in [5.74, 6) is 0.377. The topological polar surface area (TPSA) is 63.8 Å². The van der Waals surface area contributed by atoms with Gasteiger partial charge in [0, 0.05) is 16.0 Å². The molecule has 5 nitrogen and oxygen atoms in total. The molecule has 0 aliphatic carbocycles. The van der Waals surface area contributed by atoms with Gasteiger partial charge < -0.3 is 14.4 Å². The van der Waals surface area contributed by atoms with E-state index in [0.717, 1.165) is 5.56 Å². The number of fused-ring (bicyclic) bond motifs is 1. The van der Waals surface area contributed by atoms with Gasteiger partial charge in [0.05, 0.1) is 17.1 Å². The van der Waals surface area contributed by atoms with Crippen LogP contribution in [0.1, 0.15) is 5.56 Å². The molecular weight excluding hydrogens is 363 g/mol. The fourth-order valence-corrected chi connectivity index (χ4v) is 3.31. The Kier molecular flexibility index (Phi) is 4.97. The molecule has 3 rings (SSSR count). The van der Waals surface area contributed by atoms with Crippen molar-refractivity contribution in [2.45, 2.75) is 6.54 Å². The van der Waals surface area contributed by atoms with Crippen molar-refractivity contribution < 1.29 is 9.84 Å². The zero-order chi connectivity index (χ0) is 18.0. The number of para-hydroxylation sites is 1. The van der Waals surface area contributed by atoms with Crippen LogP contribution in [0.5, 0.6) is 11.6 Å². The predicted octanol–water partition coefficient (Wildman–Crippen LogP) is 5.66. The molecule has 0 aliphatic rings. The van der Waals surface area contributed by atoms with Gasteiger partial charge in [-0.15, -0.1) is 4.91 Å². The van der Waals surface area contributed by atoms with Gasteiger partial charge in [-0.2, -0.15) is 0 Å². The van der Waals surface area contributed by atoms with Crippen molar-refractivity contribution in [1.29, 1.82) is 0 Å². The van der Waals surface area contributed by atoms with E-state index in [2.05, 4.69) is 11.8 Å². The van der Waals surface area contributed by atoms with Gasteiger partial charge in [0.2, 0.25) is 5.88 Å². The third-order valence-corrected chi connectivity index (χ3v) is 4.28. The maximum Gasteiger partial charge on any atom is 0.222 e. The largest absolute Gasteiger partial charge is 0.493 e. The normalized spacial score (nSPS) is 10.8. The highest BCUT2D eigenvalue weighted by atomic mass is 35.5. The molecule has 0 saturated carbocycles. The molecule has 7 heteroatoms. The number of aromatic hydroxyl groups is 1. The Morgan fingerprint density at radius 2 is 2.04 bits per heavy atom. The second-order valence-electron chi connectivity index (χ2n) is 5.34. The summed E-state index contributed by atoms with van der Waals surface area (Å²) >= 11 is 12.3. The Labute approximate surface area is 154 Å². The number of ether oxygens (including phenoxy) is 1. The Morgan fingerprint density at radius 3 is 2.76 bits per heavy atom. The molecule has 0 fully saturated rings. The highest BCUT2D eigenvalue weighted by molar-refractivity contribution is 6.39. The lowest BCUT2D eigenvalue weighted by Crippen LogP contribution is -2.03. The number of rotatable bonds is 6. The summed E-state index contributed by atoms with van der Waals surface area (Å²) < 4.78 is 7.16. The van der Waals surface area contributed by atoms with Gasteiger partial charge in [0.25, 0.3) is 0 Å². The highest BCUT2D eigenvalue weighted by Crippen LogP contribution is 2.43. The van der Waals surface area contributed by atoms with Gasteiger partial charge in [0.1, 0.15) is 12.4 Å². The van der Waals surface area contributed by atoms with Crippen molar-refractivity contribution in [2.75, 3.05) is 6.61 Å². The highest BCUT2D eigenvalue weighted by Gasteiger charge is 2.21. The van der Waals surface area contributed by atoms with Gasteiger partial charge >= 0.3 is 0 Å². The number of hydrogen-bond acceptors (Lipinski definition) is 4. The maximum absolute atomic E-state index is 11.2. The minimum atomic E-state index is -0.271. The lowest BCUT2D eigenvalue weighted by Gasteiger charge is -2.13. The van der Waals surface area contributed by atoms with Crippen molar-refractivity contribution in [3.8, 4) is 11.6 Å². The first-order chi connectivity index (χ1) is 12.1. The van der Waals surface area contributed by atoms with E-state index < -0.39 is 0 Å². The fourth-order valence-electron chi connectivity index (χ4n) is 2.71. The molecule has 1 heterocycles. The quantitative estimate of drug-likeness (QED) is 0.445. The third-order valence-electron chi connectivity index (χ3n) is 3.77.